The topological polar surface area (TPSA) is 21.3 Å². The van der Waals surface area contributed by atoms with Crippen LogP contribution in [0.2, 0.25) is 0 Å². The molecule has 0 aliphatic heterocycles. The second kappa shape index (κ2) is 9.02. The summed E-state index contributed by atoms with van der Waals surface area (Å²) in [6, 6.07) is 8.58. The summed E-state index contributed by atoms with van der Waals surface area (Å²) in [5, 5.41) is 3.51. The molecule has 0 bridgehead atoms. The molecule has 0 aromatic heterocycles. The summed E-state index contributed by atoms with van der Waals surface area (Å²) in [5.74, 6) is 1.90. The van der Waals surface area contributed by atoms with Gasteiger partial charge in [0.05, 0.1) is 0 Å². The van der Waals surface area contributed by atoms with Crippen molar-refractivity contribution in [1.82, 2.24) is 5.32 Å². The van der Waals surface area contributed by atoms with Crippen LogP contribution >= 0.6 is 0 Å². The molecule has 0 saturated heterocycles. The fourth-order valence-corrected chi connectivity index (χ4v) is 2.89. The van der Waals surface area contributed by atoms with Gasteiger partial charge >= 0.3 is 0 Å². The van der Waals surface area contributed by atoms with Crippen LogP contribution in [0.4, 0.5) is 0 Å². The van der Waals surface area contributed by atoms with Crippen LogP contribution in [0.25, 0.3) is 0 Å². The third-order valence-corrected chi connectivity index (χ3v) is 4.20. The van der Waals surface area contributed by atoms with Gasteiger partial charge in [-0.05, 0) is 55.8 Å². The van der Waals surface area contributed by atoms with Crippen LogP contribution in [0.5, 0.6) is 5.75 Å². The van der Waals surface area contributed by atoms with Gasteiger partial charge in [0.2, 0.25) is 0 Å². The summed E-state index contributed by atoms with van der Waals surface area (Å²) < 4.78 is 5.77. The second-order valence-electron chi connectivity index (χ2n) is 5.95. The Kier molecular flexibility index (Phi) is 6.93. The summed E-state index contributed by atoms with van der Waals surface area (Å²) in [4.78, 5) is 0. The molecule has 2 rings (SSSR count). The fraction of sp³-hybridized carbons (Fsp3) is 0.667. The lowest BCUT2D eigenvalue weighted by molar-refractivity contribution is 0.308. The first-order valence-electron chi connectivity index (χ1n) is 8.31. The van der Waals surface area contributed by atoms with Crippen molar-refractivity contribution in [3.63, 3.8) is 0 Å². The second-order valence-corrected chi connectivity index (χ2v) is 5.95. The summed E-state index contributed by atoms with van der Waals surface area (Å²) in [6.07, 6.45) is 9.37. The summed E-state index contributed by atoms with van der Waals surface area (Å²) in [7, 11) is 0. The highest BCUT2D eigenvalue weighted by atomic mass is 16.5. The molecule has 1 saturated carbocycles. The van der Waals surface area contributed by atoms with Gasteiger partial charge < -0.3 is 10.1 Å². The van der Waals surface area contributed by atoms with E-state index in [4.69, 9.17) is 4.74 Å². The molecule has 112 valence electrons. The van der Waals surface area contributed by atoms with Crippen molar-refractivity contribution in [2.45, 2.75) is 51.9 Å². The predicted octanol–water partition coefficient (Wildman–Crippen LogP) is 4.19. The van der Waals surface area contributed by atoms with Crippen LogP contribution in [0.15, 0.2) is 24.3 Å². The molecule has 20 heavy (non-hydrogen) atoms. The van der Waals surface area contributed by atoms with E-state index in [9.17, 15) is 0 Å². The summed E-state index contributed by atoms with van der Waals surface area (Å²) in [6.45, 7) is 5.12. The minimum absolute atomic E-state index is 0.765. The lowest BCUT2D eigenvalue weighted by atomic mass is 10.1. The third kappa shape index (κ3) is 5.54. The lowest BCUT2D eigenvalue weighted by Gasteiger charge is -2.11. The first-order chi connectivity index (χ1) is 9.88. The van der Waals surface area contributed by atoms with Gasteiger partial charge in [-0.2, -0.15) is 0 Å². The smallest absolute Gasteiger partial charge is 0.119 e. The highest BCUT2D eigenvalue weighted by molar-refractivity contribution is 5.27. The Labute approximate surface area is 123 Å². The molecular formula is C18H29NO. The van der Waals surface area contributed by atoms with Gasteiger partial charge in [0.15, 0.2) is 0 Å². The van der Waals surface area contributed by atoms with E-state index in [1.165, 1.54) is 57.1 Å². The van der Waals surface area contributed by atoms with Gasteiger partial charge in [0.1, 0.15) is 12.4 Å². The van der Waals surface area contributed by atoms with E-state index in [1.807, 2.05) is 0 Å². The Balaban J connectivity index is 1.56. The third-order valence-electron chi connectivity index (χ3n) is 4.20. The number of hydrogen-bond acceptors (Lipinski definition) is 2. The Morgan fingerprint density at radius 3 is 2.60 bits per heavy atom. The quantitative estimate of drug-likeness (QED) is 0.682. The molecule has 1 fully saturated rings. The number of nitrogens with one attached hydrogen (secondary N) is 1. The molecule has 0 atom stereocenters. The molecule has 1 aliphatic carbocycles. The van der Waals surface area contributed by atoms with Crippen molar-refractivity contribution in [2.24, 2.45) is 5.92 Å². The molecule has 0 amide bonds. The molecule has 1 aromatic carbocycles. The van der Waals surface area contributed by atoms with Crippen molar-refractivity contribution < 1.29 is 4.74 Å². The lowest BCUT2D eigenvalue weighted by Crippen LogP contribution is -2.26. The molecule has 0 heterocycles. The molecule has 1 N–H and O–H groups in total. The van der Waals surface area contributed by atoms with E-state index in [1.54, 1.807) is 0 Å². The minimum atomic E-state index is 0.765. The Morgan fingerprint density at radius 2 is 1.90 bits per heavy atom. The van der Waals surface area contributed by atoms with Gasteiger partial charge in [-0.1, -0.05) is 38.3 Å². The number of benzene rings is 1. The highest BCUT2D eigenvalue weighted by Gasteiger charge is 2.13. The van der Waals surface area contributed by atoms with Crippen molar-refractivity contribution >= 4 is 0 Å². The first-order valence-corrected chi connectivity index (χ1v) is 8.31. The van der Waals surface area contributed by atoms with Crippen LogP contribution < -0.4 is 10.1 Å². The molecule has 0 spiro atoms. The Bertz CT molecular complexity index is 354. The molecule has 1 aromatic rings. The van der Waals surface area contributed by atoms with Crippen molar-refractivity contribution in [3.8, 4) is 5.75 Å². The number of unbranched alkanes of at least 4 members (excludes halogenated alkanes) is 1. The van der Waals surface area contributed by atoms with Gasteiger partial charge in [0, 0.05) is 6.54 Å². The van der Waals surface area contributed by atoms with E-state index >= 15 is 0 Å². The standard InChI is InChI=1S/C18H29NO/c1-2-3-6-16-9-11-18(12-10-16)20-14-13-19-15-17-7-4-5-8-17/h9-12,17,19H,2-8,13-15H2,1H3. The Morgan fingerprint density at radius 1 is 1.15 bits per heavy atom. The maximum atomic E-state index is 5.77. The molecule has 2 nitrogen and oxygen atoms in total. The fourth-order valence-electron chi connectivity index (χ4n) is 2.89. The molecule has 2 heteroatoms. The van der Waals surface area contributed by atoms with Crippen molar-refractivity contribution in [2.75, 3.05) is 19.7 Å². The highest BCUT2D eigenvalue weighted by Crippen LogP contribution is 2.23. The van der Waals surface area contributed by atoms with E-state index in [2.05, 4.69) is 36.5 Å². The van der Waals surface area contributed by atoms with Crippen LogP contribution in [-0.4, -0.2) is 19.7 Å². The van der Waals surface area contributed by atoms with Gasteiger partial charge in [0.25, 0.3) is 0 Å². The average molecular weight is 275 g/mol. The normalized spacial score (nSPS) is 15.7. The monoisotopic (exact) mass is 275 g/mol. The van der Waals surface area contributed by atoms with E-state index in [-0.39, 0.29) is 0 Å². The van der Waals surface area contributed by atoms with Gasteiger partial charge in [-0.25, -0.2) is 0 Å². The van der Waals surface area contributed by atoms with Crippen molar-refractivity contribution in [3.05, 3.63) is 29.8 Å². The maximum Gasteiger partial charge on any atom is 0.119 e. The van der Waals surface area contributed by atoms with E-state index in [0.29, 0.717) is 0 Å². The number of hydrogen-bond donors (Lipinski definition) is 1. The maximum absolute atomic E-state index is 5.77. The minimum Gasteiger partial charge on any atom is -0.492 e. The zero-order valence-electron chi connectivity index (χ0n) is 12.9. The largest absolute Gasteiger partial charge is 0.492 e. The zero-order valence-corrected chi connectivity index (χ0v) is 12.9. The van der Waals surface area contributed by atoms with E-state index < -0.39 is 0 Å². The summed E-state index contributed by atoms with van der Waals surface area (Å²) in [5.41, 5.74) is 1.42. The van der Waals surface area contributed by atoms with Gasteiger partial charge in [-0.15, -0.1) is 0 Å². The predicted molar refractivity (Wildman–Crippen MR) is 85.4 cm³/mol. The molecule has 1 aliphatic rings. The average Bonchev–Trinajstić information content (AvgIpc) is 2.99. The van der Waals surface area contributed by atoms with Gasteiger partial charge in [-0.3, -0.25) is 0 Å². The number of ether oxygens (including phenoxy) is 1. The van der Waals surface area contributed by atoms with E-state index in [0.717, 1.165) is 24.8 Å². The number of rotatable bonds is 9. The molecular weight excluding hydrogens is 246 g/mol. The van der Waals surface area contributed by atoms with Crippen LogP contribution in [0.1, 0.15) is 51.0 Å². The summed E-state index contributed by atoms with van der Waals surface area (Å²) >= 11 is 0. The van der Waals surface area contributed by atoms with Crippen LogP contribution in [0.3, 0.4) is 0 Å². The number of aryl methyl sites for hydroxylation is 1. The molecule has 0 unspecified atom stereocenters. The van der Waals surface area contributed by atoms with Crippen LogP contribution in [0, 0.1) is 5.92 Å². The Hall–Kier alpha value is -1.02. The zero-order chi connectivity index (χ0) is 14.0. The SMILES string of the molecule is CCCCc1ccc(OCCNCC2CCCC2)cc1. The van der Waals surface area contributed by atoms with Crippen molar-refractivity contribution in [1.29, 1.82) is 0 Å². The molecule has 0 radical (unpaired) electrons. The first kappa shape index (κ1) is 15.4. The van der Waals surface area contributed by atoms with Crippen LogP contribution in [-0.2, 0) is 6.42 Å².